The lowest BCUT2D eigenvalue weighted by Crippen LogP contribution is -2.15. The molecule has 1 aliphatic carbocycles. The van der Waals surface area contributed by atoms with Crippen molar-refractivity contribution in [2.24, 2.45) is 5.92 Å². The summed E-state index contributed by atoms with van der Waals surface area (Å²) in [6.45, 7) is 3.76. The quantitative estimate of drug-likeness (QED) is 0.639. The first-order valence-electron chi connectivity index (χ1n) is 9.04. The Balaban J connectivity index is 2.52. The Hall–Kier alpha value is -1.18. The highest BCUT2D eigenvalue weighted by molar-refractivity contribution is 5.82. The first-order chi connectivity index (χ1) is 10.7. The van der Waals surface area contributed by atoms with E-state index in [2.05, 4.69) is 18.7 Å². The minimum absolute atomic E-state index is 0.144. The van der Waals surface area contributed by atoms with Crippen LogP contribution in [0.1, 0.15) is 83.5 Å². The topological polar surface area (TPSA) is 34.1 Å². The maximum Gasteiger partial charge on any atom is 0.136 e. The first kappa shape index (κ1) is 18.9. The summed E-state index contributed by atoms with van der Waals surface area (Å²) in [6.07, 6.45) is 18.4. The van der Waals surface area contributed by atoms with Crippen molar-refractivity contribution in [3.63, 3.8) is 0 Å². The van der Waals surface area contributed by atoms with Crippen LogP contribution in [0.3, 0.4) is 0 Å². The fraction of sp³-hybridized carbons (Fsp3) is 0.700. The summed E-state index contributed by atoms with van der Waals surface area (Å²) >= 11 is 0. The van der Waals surface area contributed by atoms with E-state index in [1.165, 1.54) is 12.8 Å². The van der Waals surface area contributed by atoms with Gasteiger partial charge < -0.3 is 0 Å². The Kier molecular flexibility index (Phi) is 10.6. The lowest BCUT2D eigenvalue weighted by molar-refractivity contribution is -0.123. The fourth-order valence-electron chi connectivity index (χ4n) is 3.05. The van der Waals surface area contributed by atoms with E-state index in [1.807, 2.05) is 6.08 Å². The molecule has 1 unspecified atom stereocenters. The third kappa shape index (κ3) is 8.96. The highest BCUT2D eigenvalue weighted by Crippen LogP contribution is 2.19. The Morgan fingerprint density at radius 1 is 0.955 bits per heavy atom. The standard InChI is InChI=1S/C20H32O2/c1-2-3-13-18-14-10-8-6-4-5-7-9-11-15-19(21)16-12-17-20(18)22/h2,6,8,18H,1,3-5,7,9-17H2/b8-6-. The molecule has 124 valence electrons. The minimum atomic E-state index is 0.144. The van der Waals surface area contributed by atoms with Crippen LogP contribution in [0.25, 0.3) is 0 Å². The molecule has 0 aliphatic heterocycles. The van der Waals surface area contributed by atoms with Gasteiger partial charge in [0.25, 0.3) is 0 Å². The lowest BCUT2D eigenvalue weighted by Gasteiger charge is -2.14. The van der Waals surface area contributed by atoms with Crippen LogP contribution in [-0.4, -0.2) is 11.6 Å². The second kappa shape index (κ2) is 12.4. The van der Waals surface area contributed by atoms with Crippen LogP contribution < -0.4 is 0 Å². The number of rotatable bonds is 3. The van der Waals surface area contributed by atoms with E-state index in [9.17, 15) is 9.59 Å². The van der Waals surface area contributed by atoms with Crippen LogP contribution in [0, 0.1) is 5.92 Å². The van der Waals surface area contributed by atoms with Crippen LogP contribution >= 0.6 is 0 Å². The third-order valence-corrected chi connectivity index (χ3v) is 4.48. The highest BCUT2D eigenvalue weighted by Gasteiger charge is 2.17. The number of hydrogen-bond acceptors (Lipinski definition) is 2. The molecule has 22 heavy (non-hydrogen) atoms. The largest absolute Gasteiger partial charge is 0.300 e. The minimum Gasteiger partial charge on any atom is -0.300 e. The van der Waals surface area contributed by atoms with Gasteiger partial charge in [-0.3, -0.25) is 9.59 Å². The number of ketones is 2. The van der Waals surface area contributed by atoms with E-state index in [0.29, 0.717) is 30.8 Å². The number of carbonyl (C=O) groups excluding carboxylic acids is 2. The molecule has 0 amide bonds. The SMILES string of the molecule is C=CCCC1CC/C=C\CCCCCCC(=O)CCCC1=O. The summed E-state index contributed by atoms with van der Waals surface area (Å²) in [4.78, 5) is 24.2. The summed E-state index contributed by atoms with van der Waals surface area (Å²) in [5, 5.41) is 0. The van der Waals surface area contributed by atoms with Gasteiger partial charge in [-0.15, -0.1) is 6.58 Å². The van der Waals surface area contributed by atoms with Crippen molar-refractivity contribution in [2.75, 3.05) is 0 Å². The summed E-state index contributed by atoms with van der Waals surface area (Å²) in [7, 11) is 0. The molecule has 2 heteroatoms. The molecular weight excluding hydrogens is 272 g/mol. The molecule has 0 saturated heterocycles. The molecule has 0 N–H and O–H groups in total. The van der Waals surface area contributed by atoms with Crippen molar-refractivity contribution in [2.45, 2.75) is 83.5 Å². The smallest absolute Gasteiger partial charge is 0.136 e. The van der Waals surface area contributed by atoms with Gasteiger partial charge in [0, 0.05) is 25.2 Å². The van der Waals surface area contributed by atoms with E-state index >= 15 is 0 Å². The zero-order valence-corrected chi connectivity index (χ0v) is 14.0. The molecule has 0 heterocycles. The van der Waals surface area contributed by atoms with E-state index in [4.69, 9.17) is 0 Å². The average molecular weight is 304 g/mol. The number of allylic oxidation sites excluding steroid dienone is 3. The Morgan fingerprint density at radius 3 is 2.50 bits per heavy atom. The molecule has 0 radical (unpaired) electrons. The van der Waals surface area contributed by atoms with Gasteiger partial charge in [-0.2, -0.15) is 0 Å². The monoisotopic (exact) mass is 304 g/mol. The van der Waals surface area contributed by atoms with Gasteiger partial charge in [-0.05, 0) is 51.4 Å². The molecule has 0 saturated carbocycles. The second-order valence-electron chi connectivity index (χ2n) is 6.42. The molecule has 2 nitrogen and oxygen atoms in total. The summed E-state index contributed by atoms with van der Waals surface area (Å²) in [5.41, 5.74) is 0. The summed E-state index contributed by atoms with van der Waals surface area (Å²) in [5.74, 6) is 0.822. The maximum absolute atomic E-state index is 12.3. The second-order valence-corrected chi connectivity index (χ2v) is 6.42. The Labute approximate surface area is 136 Å². The number of Topliss-reactive ketones (excluding diaryl/α,β-unsaturated/α-hetero) is 2. The molecule has 1 aliphatic rings. The van der Waals surface area contributed by atoms with Gasteiger partial charge in [0.05, 0.1) is 0 Å². The summed E-state index contributed by atoms with van der Waals surface area (Å²) < 4.78 is 0. The van der Waals surface area contributed by atoms with E-state index in [0.717, 1.165) is 51.4 Å². The fourth-order valence-corrected chi connectivity index (χ4v) is 3.05. The van der Waals surface area contributed by atoms with Crippen LogP contribution in [0.2, 0.25) is 0 Å². The molecule has 0 aromatic heterocycles. The lowest BCUT2D eigenvalue weighted by atomic mass is 9.90. The zero-order chi connectivity index (χ0) is 16.0. The Bertz CT molecular complexity index is 368. The van der Waals surface area contributed by atoms with Crippen molar-refractivity contribution in [1.29, 1.82) is 0 Å². The normalized spacial score (nSPS) is 24.8. The van der Waals surface area contributed by atoms with Crippen molar-refractivity contribution in [1.82, 2.24) is 0 Å². The first-order valence-corrected chi connectivity index (χ1v) is 9.04. The van der Waals surface area contributed by atoms with E-state index in [1.54, 1.807) is 0 Å². The van der Waals surface area contributed by atoms with Crippen LogP contribution in [0.15, 0.2) is 24.8 Å². The molecular formula is C20H32O2. The van der Waals surface area contributed by atoms with Crippen molar-refractivity contribution < 1.29 is 9.59 Å². The molecule has 1 atom stereocenters. The molecule has 0 aromatic rings. The van der Waals surface area contributed by atoms with E-state index < -0.39 is 0 Å². The molecule has 0 fully saturated rings. The average Bonchev–Trinajstić information content (AvgIpc) is 2.50. The van der Waals surface area contributed by atoms with E-state index in [-0.39, 0.29) is 5.92 Å². The molecule has 0 bridgehead atoms. The maximum atomic E-state index is 12.3. The van der Waals surface area contributed by atoms with Gasteiger partial charge in [0.2, 0.25) is 0 Å². The predicted octanol–water partition coefficient (Wildman–Crippen LogP) is 5.57. The van der Waals surface area contributed by atoms with Gasteiger partial charge in [-0.1, -0.05) is 31.1 Å². The van der Waals surface area contributed by atoms with Gasteiger partial charge in [0.15, 0.2) is 0 Å². The van der Waals surface area contributed by atoms with Crippen molar-refractivity contribution in [3.05, 3.63) is 24.8 Å². The van der Waals surface area contributed by atoms with Gasteiger partial charge >= 0.3 is 0 Å². The van der Waals surface area contributed by atoms with Crippen molar-refractivity contribution >= 4 is 11.6 Å². The van der Waals surface area contributed by atoms with Gasteiger partial charge in [-0.25, -0.2) is 0 Å². The van der Waals surface area contributed by atoms with Crippen LogP contribution in [0.4, 0.5) is 0 Å². The van der Waals surface area contributed by atoms with Crippen molar-refractivity contribution in [3.8, 4) is 0 Å². The van der Waals surface area contributed by atoms with Crippen LogP contribution in [-0.2, 0) is 9.59 Å². The Morgan fingerprint density at radius 2 is 1.68 bits per heavy atom. The predicted molar refractivity (Wildman–Crippen MR) is 92.9 cm³/mol. The van der Waals surface area contributed by atoms with Crippen LogP contribution in [0.5, 0.6) is 0 Å². The molecule has 1 rings (SSSR count). The number of carbonyl (C=O) groups is 2. The molecule has 0 spiro atoms. The molecule has 0 aromatic carbocycles. The summed E-state index contributed by atoms with van der Waals surface area (Å²) in [6, 6.07) is 0. The number of hydrogen-bond donors (Lipinski definition) is 0. The third-order valence-electron chi connectivity index (χ3n) is 4.48. The van der Waals surface area contributed by atoms with Gasteiger partial charge in [0.1, 0.15) is 11.6 Å². The zero-order valence-electron chi connectivity index (χ0n) is 14.0. The highest BCUT2D eigenvalue weighted by atomic mass is 16.1.